The summed E-state index contributed by atoms with van der Waals surface area (Å²) in [6.45, 7) is 0.413. The summed E-state index contributed by atoms with van der Waals surface area (Å²) in [5.74, 6) is 1.74. The van der Waals surface area contributed by atoms with Crippen LogP contribution in [0.1, 0.15) is 29.3 Å². The van der Waals surface area contributed by atoms with Crippen molar-refractivity contribution in [2.24, 2.45) is 0 Å². The van der Waals surface area contributed by atoms with E-state index in [4.69, 9.17) is 11.5 Å². The van der Waals surface area contributed by atoms with Crippen LogP contribution < -0.4 is 0 Å². The van der Waals surface area contributed by atoms with Crippen molar-refractivity contribution in [1.29, 1.82) is 0 Å². The minimum absolute atomic E-state index is 0.0180. The van der Waals surface area contributed by atoms with Crippen molar-refractivity contribution >= 4 is 17.3 Å². The van der Waals surface area contributed by atoms with Gasteiger partial charge in [-0.05, 0) is 36.3 Å². The van der Waals surface area contributed by atoms with Crippen LogP contribution in [-0.4, -0.2) is 29.1 Å². The average molecular weight is 249 g/mol. The first kappa shape index (κ1) is 12.2. The number of carboxylic acid groups (broad SMARTS) is 1. The van der Waals surface area contributed by atoms with Gasteiger partial charge in [-0.3, -0.25) is 9.69 Å². The summed E-state index contributed by atoms with van der Waals surface area (Å²) >= 11 is 1.76. The lowest BCUT2D eigenvalue weighted by atomic mass is 9.92. The van der Waals surface area contributed by atoms with E-state index in [1.54, 1.807) is 11.3 Å². The number of thiophene rings is 1. The molecule has 0 saturated carbocycles. The molecule has 0 bridgehead atoms. The Morgan fingerprint density at radius 3 is 3.24 bits per heavy atom. The topological polar surface area (TPSA) is 40.5 Å². The van der Waals surface area contributed by atoms with Gasteiger partial charge in [0, 0.05) is 10.9 Å². The van der Waals surface area contributed by atoms with Gasteiger partial charge >= 0.3 is 5.97 Å². The number of rotatable bonds is 4. The van der Waals surface area contributed by atoms with E-state index >= 15 is 0 Å². The van der Waals surface area contributed by atoms with Crippen LogP contribution >= 0.6 is 11.3 Å². The Hall–Kier alpha value is -1.31. The van der Waals surface area contributed by atoms with E-state index in [1.165, 1.54) is 10.4 Å². The van der Waals surface area contributed by atoms with Crippen LogP contribution in [0.4, 0.5) is 0 Å². The van der Waals surface area contributed by atoms with Crippen molar-refractivity contribution in [2.75, 3.05) is 13.1 Å². The maximum atomic E-state index is 10.9. The van der Waals surface area contributed by atoms with Crippen LogP contribution in [0.3, 0.4) is 0 Å². The molecule has 1 heterocycles. The predicted octanol–water partition coefficient (Wildman–Crippen LogP) is 2.15. The highest BCUT2D eigenvalue weighted by Gasteiger charge is 2.27. The molecule has 0 radical (unpaired) electrons. The van der Waals surface area contributed by atoms with Crippen LogP contribution in [0, 0.1) is 12.3 Å². The van der Waals surface area contributed by atoms with E-state index < -0.39 is 5.97 Å². The first-order valence-corrected chi connectivity index (χ1v) is 6.56. The van der Waals surface area contributed by atoms with E-state index in [0.29, 0.717) is 6.54 Å². The lowest BCUT2D eigenvalue weighted by Crippen LogP contribution is -2.35. The molecule has 2 rings (SSSR count). The molecule has 90 valence electrons. The third-order valence-corrected chi connectivity index (χ3v) is 4.09. The second kappa shape index (κ2) is 5.35. The molecule has 3 nitrogen and oxygen atoms in total. The van der Waals surface area contributed by atoms with Crippen molar-refractivity contribution in [2.45, 2.75) is 25.3 Å². The zero-order valence-electron chi connectivity index (χ0n) is 9.56. The van der Waals surface area contributed by atoms with Gasteiger partial charge in [0.1, 0.15) is 0 Å². The molecule has 1 aliphatic carbocycles. The normalized spacial score (nSPS) is 18.7. The summed E-state index contributed by atoms with van der Waals surface area (Å²) in [5, 5.41) is 11.0. The van der Waals surface area contributed by atoms with Gasteiger partial charge in [0.05, 0.1) is 13.1 Å². The lowest BCUT2D eigenvalue weighted by molar-refractivity contribution is -0.138. The number of hydrogen-bond acceptors (Lipinski definition) is 3. The fourth-order valence-corrected chi connectivity index (χ4v) is 3.39. The Kier molecular flexibility index (Phi) is 3.82. The van der Waals surface area contributed by atoms with Gasteiger partial charge in [-0.25, -0.2) is 0 Å². The van der Waals surface area contributed by atoms with Crippen LogP contribution in [0.25, 0.3) is 0 Å². The van der Waals surface area contributed by atoms with E-state index in [1.807, 2.05) is 4.90 Å². The molecule has 1 unspecified atom stereocenters. The Morgan fingerprint density at radius 1 is 1.71 bits per heavy atom. The highest BCUT2D eigenvalue weighted by Crippen LogP contribution is 2.36. The lowest BCUT2D eigenvalue weighted by Gasteiger charge is -2.32. The van der Waals surface area contributed by atoms with E-state index in [-0.39, 0.29) is 12.6 Å². The van der Waals surface area contributed by atoms with Crippen LogP contribution in [0.5, 0.6) is 0 Å². The van der Waals surface area contributed by atoms with Gasteiger partial charge in [-0.15, -0.1) is 17.8 Å². The van der Waals surface area contributed by atoms with Gasteiger partial charge in [0.15, 0.2) is 0 Å². The first-order valence-electron chi connectivity index (χ1n) is 5.68. The Balaban J connectivity index is 2.21. The summed E-state index contributed by atoms with van der Waals surface area (Å²) < 4.78 is 0. The Labute approximate surface area is 105 Å². The van der Waals surface area contributed by atoms with Crippen molar-refractivity contribution in [3.05, 3.63) is 21.9 Å². The van der Waals surface area contributed by atoms with Crippen molar-refractivity contribution in [3.8, 4) is 12.3 Å². The van der Waals surface area contributed by atoms with Crippen molar-refractivity contribution in [3.63, 3.8) is 0 Å². The molecular formula is C13H15NO2S. The number of carboxylic acids is 1. The smallest absolute Gasteiger partial charge is 0.317 e. The number of aliphatic carboxylic acids is 1. The number of hydrogen-bond donors (Lipinski definition) is 1. The molecule has 1 aromatic rings. The monoisotopic (exact) mass is 249 g/mol. The number of nitrogens with zero attached hydrogens (tertiary/aromatic N) is 1. The van der Waals surface area contributed by atoms with Gasteiger partial charge < -0.3 is 5.11 Å². The van der Waals surface area contributed by atoms with E-state index in [9.17, 15) is 4.79 Å². The third kappa shape index (κ3) is 2.68. The predicted molar refractivity (Wildman–Crippen MR) is 68.0 cm³/mol. The highest BCUT2D eigenvalue weighted by molar-refractivity contribution is 7.10. The summed E-state index contributed by atoms with van der Waals surface area (Å²) in [6, 6.07) is 2.28. The molecule has 1 aromatic heterocycles. The number of fused-ring (bicyclic) bond motifs is 1. The molecule has 0 saturated heterocycles. The molecule has 0 aliphatic heterocycles. The molecule has 0 amide bonds. The minimum Gasteiger partial charge on any atom is -0.480 e. The number of carbonyl (C=O) groups is 1. The SMILES string of the molecule is C#CCN(CC(=O)O)C1CCCc2sccc21. The molecule has 1 N–H and O–H groups in total. The maximum Gasteiger partial charge on any atom is 0.317 e. The number of terminal acetylenes is 1. The fourth-order valence-electron chi connectivity index (χ4n) is 2.41. The zero-order chi connectivity index (χ0) is 12.3. The average Bonchev–Trinajstić information content (AvgIpc) is 2.75. The highest BCUT2D eigenvalue weighted by atomic mass is 32.1. The van der Waals surface area contributed by atoms with E-state index in [0.717, 1.165) is 19.3 Å². The molecule has 0 spiro atoms. The molecular weight excluding hydrogens is 234 g/mol. The number of aryl methyl sites for hydroxylation is 1. The van der Waals surface area contributed by atoms with Crippen molar-refractivity contribution < 1.29 is 9.90 Å². The second-order valence-corrected chi connectivity index (χ2v) is 5.21. The van der Waals surface area contributed by atoms with Gasteiger partial charge in [-0.1, -0.05) is 5.92 Å². The van der Waals surface area contributed by atoms with E-state index in [2.05, 4.69) is 17.4 Å². The molecule has 1 aliphatic rings. The standard InChI is InChI=1S/C13H15NO2S/c1-2-7-14(9-13(15)16)11-4-3-5-12-10(11)6-8-17-12/h1,6,8,11H,3-5,7,9H2,(H,15,16). The summed E-state index contributed by atoms with van der Waals surface area (Å²) in [4.78, 5) is 14.1. The fraction of sp³-hybridized carbons (Fsp3) is 0.462. The molecule has 0 aromatic carbocycles. The van der Waals surface area contributed by atoms with Gasteiger partial charge in [0.25, 0.3) is 0 Å². The van der Waals surface area contributed by atoms with Crippen LogP contribution in [0.15, 0.2) is 11.4 Å². The second-order valence-electron chi connectivity index (χ2n) is 4.21. The van der Waals surface area contributed by atoms with Crippen LogP contribution in [0.2, 0.25) is 0 Å². The molecule has 4 heteroatoms. The first-order chi connectivity index (χ1) is 8.22. The summed E-state index contributed by atoms with van der Waals surface area (Å²) in [5.41, 5.74) is 1.28. The zero-order valence-corrected chi connectivity index (χ0v) is 10.4. The Bertz CT molecular complexity index is 447. The molecule has 17 heavy (non-hydrogen) atoms. The summed E-state index contributed by atoms with van der Waals surface area (Å²) in [7, 11) is 0. The Morgan fingerprint density at radius 2 is 2.53 bits per heavy atom. The molecule has 0 fully saturated rings. The summed E-state index contributed by atoms with van der Waals surface area (Å²) in [6.07, 6.45) is 8.55. The van der Waals surface area contributed by atoms with Crippen LogP contribution in [-0.2, 0) is 11.2 Å². The van der Waals surface area contributed by atoms with Crippen molar-refractivity contribution in [1.82, 2.24) is 4.90 Å². The maximum absolute atomic E-state index is 10.9. The third-order valence-electron chi connectivity index (χ3n) is 3.09. The minimum atomic E-state index is -0.817. The van der Waals surface area contributed by atoms with Gasteiger partial charge in [0.2, 0.25) is 0 Å². The molecule has 1 atom stereocenters. The quantitative estimate of drug-likeness (QED) is 0.831. The largest absolute Gasteiger partial charge is 0.480 e. The van der Waals surface area contributed by atoms with Gasteiger partial charge in [-0.2, -0.15) is 0 Å².